The molecule has 0 bridgehead atoms. The average Bonchev–Trinajstić information content (AvgIpc) is 3.44. The molecule has 0 amide bonds. The van der Waals surface area contributed by atoms with Crippen LogP contribution in [0.5, 0.6) is 0 Å². The lowest BCUT2D eigenvalue weighted by atomic mass is 10.2. The molecule has 2 aromatic heterocycles. The Morgan fingerprint density at radius 2 is 1.97 bits per heavy atom. The van der Waals surface area contributed by atoms with Gasteiger partial charge < -0.3 is 4.52 Å². The Balaban J connectivity index is 1.46. The zero-order valence-corrected chi connectivity index (χ0v) is 17.7. The highest BCUT2D eigenvalue weighted by Gasteiger charge is 2.29. The fourth-order valence-electron chi connectivity index (χ4n) is 3.11. The van der Waals surface area contributed by atoms with Gasteiger partial charge in [0.1, 0.15) is 0 Å². The topological polar surface area (TPSA) is 73.8 Å². The highest BCUT2D eigenvalue weighted by atomic mass is 79.9. The molecular weight excluding hydrogens is 478 g/mol. The number of thioether (sulfide) groups is 1. The number of halogens is 3. The molecule has 2 heterocycles. The minimum absolute atomic E-state index is 0.0185. The fraction of sp³-hybridized carbons (Fsp3) is 0.200. The zero-order valence-electron chi connectivity index (χ0n) is 15.3. The summed E-state index contributed by atoms with van der Waals surface area (Å²) < 4.78 is 35.1. The van der Waals surface area contributed by atoms with Gasteiger partial charge in [-0.25, -0.2) is 13.8 Å². The third-order valence-electron chi connectivity index (χ3n) is 4.70. The summed E-state index contributed by atoms with van der Waals surface area (Å²) in [5.74, 6) is -0.984. The molecule has 4 aromatic rings. The van der Waals surface area contributed by atoms with Gasteiger partial charge in [-0.15, -0.1) is 0 Å². The Labute approximate surface area is 181 Å². The number of nitrogens with zero attached hydrogens (tertiary/aromatic N) is 4. The van der Waals surface area contributed by atoms with Crippen LogP contribution in [0.3, 0.4) is 0 Å². The lowest BCUT2D eigenvalue weighted by Crippen LogP contribution is -2.22. The van der Waals surface area contributed by atoms with E-state index in [1.54, 1.807) is 4.57 Å². The van der Waals surface area contributed by atoms with Crippen LogP contribution in [0.2, 0.25) is 0 Å². The minimum Gasteiger partial charge on any atom is -0.338 e. The Morgan fingerprint density at radius 1 is 1.17 bits per heavy atom. The third-order valence-corrected chi connectivity index (χ3v) is 6.13. The highest BCUT2D eigenvalue weighted by Crippen LogP contribution is 2.37. The number of fused-ring (bicyclic) bond motifs is 1. The molecule has 1 saturated carbocycles. The van der Waals surface area contributed by atoms with Gasteiger partial charge in [0.05, 0.1) is 16.7 Å². The van der Waals surface area contributed by atoms with Crippen molar-refractivity contribution in [2.24, 2.45) is 0 Å². The first-order valence-electron chi connectivity index (χ1n) is 9.12. The SMILES string of the molecule is O=c1c2cc(F)c(F)cc2nc(SCc2nc(-c3cccc(Br)c3)no2)n1C1CC1. The first-order valence-corrected chi connectivity index (χ1v) is 10.9. The van der Waals surface area contributed by atoms with Crippen LogP contribution < -0.4 is 5.56 Å². The number of aromatic nitrogens is 4. The van der Waals surface area contributed by atoms with Crippen molar-refractivity contribution in [1.82, 2.24) is 19.7 Å². The third kappa shape index (κ3) is 3.65. The standard InChI is InChI=1S/C20H13BrF2N4O2S/c21-11-3-1-2-10(6-11)18-25-17(29-26-18)9-30-20-24-16-8-15(23)14(22)7-13(16)19(28)27(20)12-4-5-12/h1-3,6-8,12H,4-5,9H2. The summed E-state index contributed by atoms with van der Waals surface area (Å²) in [6.07, 6.45) is 1.69. The summed E-state index contributed by atoms with van der Waals surface area (Å²) in [6.45, 7) is 0. The quantitative estimate of drug-likeness (QED) is 0.285. The molecule has 5 rings (SSSR count). The Hall–Kier alpha value is -2.59. The summed E-state index contributed by atoms with van der Waals surface area (Å²) in [5, 5.41) is 4.49. The number of hydrogen-bond donors (Lipinski definition) is 0. The molecule has 152 valence electrons. The van der Waals surface area contributed by atoms with Gasteiger partial charge in [0.15, 0.2) is 16.8 Å². The van der Waals surface area contributed by atoms with Crippen LogP contribution in [0.1, 0.15) is 24.8 Å². The van der Waals surface area contributed by atoms with Crippen LogP contribution in [-0.4, -0.2) is 19.7 Å². The molecule has 2 aromatic carbocycles. The average molecular weight is 491 g/mol. The van der Waals surface area contributed by atoms with Crippen molar-refractivity contribution in [3.05, 3.63) is 68.7 Å². The van der Waals surface area contributed by atoms with Gasteiger partial charge in [-0.3, -0.25) is 9.36 Å². The van der Waals surface area contributed by atoms with Crippen LogP contribution in [0.15, 0.2) is 55.3 Å². The molecule has 0 atom stereocenters. The number of benzene rings is 2. The van der Waals surface area contributed by atoms with Gasteiger partial charge in [0.2, 0.25) is 11.7 Å². The largest absolute Gasteiger partial charge is 0.338 e. The van der Waals surface area contributed by atoms with Gasteiger partial charge in [-0.1, -0.05) is 45.0 Å². The maximum Gasteiger partial charge on any atom is 0.262 e. The van der Waals surface area contributed by atoms with Crippen molar-refractivity contribution in [2.75, 3.05) is 0 Å². The molecule has 1 aliphatic rings. The molecule has 0 aliphatic heterocycles. The Kier molecular flexibility index (Phi) is 4.90. The Morgan fingerprint density at radius 3 is 2.73 bits per heavy atom. The number of hydrogen-bond acceptors (Lipinski definition) is 6. The normalized spacial score (nSPS) is 13.8. The van der Waals surface area contributed by atoms with Gasteiger partial charge in [-0.05, 0) is 31.0 Å². The van der Waals surface area contributed by atoms with Crippen LogP contribution in [-0.2, 0) is 5.75 Å². The lowest BCUT2D eigenvalue weighted by Gasteiger charge is -2.11. The molecule has 10 heteroatoms. The molecule has 0 radical (unpaired) electrons. The summed E-state index contributed by atoms with van der Waals surface area (Å²) in [6, 6.07) is 9.41. The van der Waals surface area contributed by atoms with Crippen LogP contribution in [0, 0.1) is 11.6 Å². The minimum atomic E-state index is -1.06. The van der Waals surface area contributed by atoms with E-state index in [4.69, 9.17) is 4.52 Å². The van der Waals surface area contributed by atoms with Crippen LogP contribution in [0.25, 0.3) is 22.3 Å². The highest BCUT2D eigenvalue weighted by molar-refractivity contribution is 9.10. The van der Waals surface area contributed by atoms with Gasteiger partial charge in [-0.2, -0.15) is 4.98 Å². The summed E-state index contributed by atoms with van der Waals surface area (Å²) >= 11 is 4.66. The summed E-state index contributed by atoms with van der Waals surface area (Å²) in [7, 11) is 0. The van der Waals surface area contributed by atoms with E-state index in [2.05, 4.69) is 31.1 Å². The molecule has 0 spiro atoms. The molecule has 1 aliphatic carbocycles. The fourth-order valence-corrected chi connectivity index (χ4v) is 4.42. The smallest absolute Gasteiger partial charge is 0.262 e. The maximum atomic E-state index is 13.7. The molecule has 0 saturated heterocycles. The van der Waals surface area contributed by atoms with Crippen molar-refractivity contribution < 1.29 is 13.3 Å². The van der Waals surface area contributed by atoms with Crippen molar-refractivity contribution in [1.29, 1.82) is 0 Å². The van der Waals surface area contributed by atoms with Gasteiger partial charge in [0.25, 0.3) is 5.56 Å². The predicted molar refractivity (Wildman–Crippen MR) is 111 cm³/mol. The van der Waals surface area contributed by atoms with Crippen molar-refractivity contribution >= 4 is 38.6 Å². The number of rotatable bonds is 5. The lowest BCUT2D eigenvalue weighted by molar-refractivity contribution is 0.391. The molecular formula is C20H13BrF2N4O2S. The second-order valence-electron chi connectivity index (χ2n) is 6.89. The van der Waals surface area contributed by atoms with E-state index in [-0.39, 0.29) is 28.3 Å². The summed E-state index contributed by atoms with van der Waals surface area (Å²) in [5.41, 5.74) is 0.559. The predicted octanol–water partition coefficient (Wildman–Crippen LogP) is 5.11. The van der Waals surface area contributed by atoms with E-state index in [0.29, 0.717) is 16.9 Å². The van der Waals surface area contributed by atoms with E-state index >= 15 is 0 Å². The van der Waals surface area contributed by atoms with Crippen LogP contribution in [0.4, 0.5) is 8.78 Å². The van der Waals surface area contributed by atoms with Crippen molar-refractivity contribution in [3.8, 4) is 11.4 Å². The monoisotopic (exact) mass is 490 g/mol. The molecule has 6 nitrogen and oxygen atoms in total. The van der Waals surface area contributed by atoms with E-state index in [0.717, 1.165) is 35.0 Å². The van der Waals surface area contributed by atoms with Gasteiger partial charge >= 0.3 is 0 Å². The van der Waals surface area contributed by atoms with Crippen LogP contribution >= 0.6 is 27.7 Å². The summed E-state index contributed by atoms with van der Waals surface area (Å²) in [4.78, 5) is 21.7. The van der Waals surface area contributed by atoms with E-state index in [1.165, 1.54) is 11.8 Å². The zero-order chi connectivity index (χ0) is 20.8. The first-order chi connectivity index (χ1) is 14.5. The first kappa shape index (κ1) is 19.4. The Bertz CT molecular complexity index is 1340. The molecule has 0 unspecified atom stereocenters. The second-order valence-corrected chi connectivity index (χ2v) is 8.75. The van der Waals surface area contributed by atoms with E-state index in [1.807, 2.05) is 24.3 Å². The van der Waals surface area contributed by atoms with E-state index in [9.17, 15) is 13.6 Å². The van der Waals surface area contributed by atoms with Crippen molar-refractivity contribution in [2.45, 2.75) is 29.8 Å². The molecule has 1 fully saturated rings. The van der Waals surface area contributed by atoms with Crippen molar-refractivity contribution in [3.63, 3.8) is 0 Å². The van der Waals surface area contributed by atoms with E-state index < -0.39 is 11.6 Å². The molecule has 0 N–H and O–H groups in total. The molecule has 30 heavy (non-hydrogen) atoms. The van der Waals surface area contributed by atoms with Gasteiger partial charge in [0, 0.05) is 22.1 Å². The maximum absolute atomic E-state index is 13.7. The second kappa shape index (κ2) is 7.59.